The van der Waals surface area contributed by atoms with Crippen LogP contribution in [0.5, 0.6) is 11.8 Å². The summed E-state index contributed by atoms with van der Waals surface area (Å²) < 4.78 is 33.5. The Labute approximate surface area is 268 Å². The number of hydrogen-bond acceptors (Lipinski definition) is 9. The van der Waals surface area contributed by atoms with E-state index in [0.29, 0.717) is 35.4 Å². The van der Waals surface area contributed by atoms with E-state index in [1.165, 1.54) is 0 Å². The van der Waals surface area contributed by atoms with Gasteiger partial charge in [-0.25, -0.2) is 9.37 Å². The molecule has 1 fully saturated rings. The highest BCUT2D eigenvalue weighted by Gasteiger charge is 2.29. The Balaban J connectivity index is 1.17. The maximum atomic E-state index is 14.8. The molecular formula is C34H32ClFN4O6. The Kier molecular flexibility index (Phi) is 8.24. The van der Waals surface area contributed by atoms with Crippen molar-refractivity contribution in [1.82, 2.24) is 19.4 Å². The van der Waals surface area contributed by atoms with E-state index in [9.17, 15) is 19.4 Å². The first-order chi connectivity index (χ1) is 22.3. The van der Waals surface area contributed by atoms with E-state index in [-0.39, 0.29) is 42.4 Å². The summed E-state index contributed by atoms with van der Waals surface area (Å²) in [5.74, 6) is 0.236. The fraction of sp³-hybridized carbons (Fsp3) is 0.324. The van der Waals surface area contributed by atoms with E-state index in [4.69, 9.17) is 25.5 Å². The standard InChI is InChI=1S/C34H32ClFN4O6/c1-44-32-19(16-39-13-12-20(42)17-39)8-11-28(37-32)45-27-10-9-22-21(4-2-5-23(22)27)24-6-3-7-25(29(24)35)33-38-30-31(46-33)26(36)18-40(14-15-41)34(30)43/h2-8,11,18,20,27,41-42H,9-10,12-17H2,1H3/t20-,27+/m1/s1. The lowest BCUT2D eigenvalue weighted by molar-refractivity contribution is 0.174. The van der Waals surface area contributed by atoms with Gasteiger partial charge in [0.15, 0.2) is 16.9 Å². The van der Waals surface area contributed by atoms with E-state index < -0.39 is 11.4 Å². The number of halogens is 2. The second-order valence-electron chi connectivity index (χ2n) is 11.6. The highest BCUT2D eigenvalue weighted by molar-refractivity contribution is 6.36. The highest BCUT2D eigenvalue weighted by Crippen LogP contribution is 2.44. The first-order valence-corrected chi connectivity index (χ1v) is 15.5. The molecule has 2 N–H and O–H groups in total. The fourth-order valence-electron chi connectivity index (χ4n) is 6.46. The Bertz CT molecular complexity index is 2000. The van der Waals surface area contributed by atoms with Crippen molar-refractivity contribution in [2.45, 2.75) is 44.6 Å². The van der Waals surface area contributed by atoms with E-state index in [0.717, 1.165) is 64.4 Å². The topological polar surface area (TPSA) is 123 Å². The van der Waals surface area contributed by atoms with Crippen LogP contribution in [0.3, 0.4) is 0 Å². The number of aliphatic hydroxyl groups is 2. The molecule has 1 aliphatic heterocycles. The van der Waals surface area contributed by atoms with Crippen LogP contribution in [0.15, 0.2) is 63.9 Å². The summed E-state index contributed by atoms with van der Waals surface area (Å²) >= 11 is 6.97. The normalized spacial score (nSPS) is 17.9. The first-order valence-electron chi connectivity index (χ1n) is 15.2. The van der Waals surface area contributed by atoms with Crippen molar-refractivity contribution < 1.29 is 28.5 Å². The number of benzene rings is 2. The van der Waals surface area contributed by atoms with Gasteiger partial charge in [-0.3, -0.25) is 9.69 Å². The number of pyridine rings is 2. The molecule has 0 saturated carbocycles. The van der Waals surface area contributed by atoms with Gasteiger partial charge in [-0.2, -0.15) is 4.98 Å². The summed E-state index contributed by atoms with van der Waals surface area (Å²) in [5, 5.41) is 19.5. The van der Waals surface area contributed by atoms with Crippen LogP contribution < -0.4 is 15.0 Å². The van der Waals surface area contributed by atoms with Gasteiger partial charge in [0.25, 0.3) is 5.56 Å². The number of ether oxygens (including phenoxy) is 2. The number of methoxy groups -OCH3 is 1. The molecule has 12 heteroatoms. The lowest BCUT2D eigenvalue weighted by Crippen LogP contribution is -2.22. The highest BCUT2D eigenvalue weighted by atomic mass is 35.5. The average Bonchev–Trinajstić information content (AvgIpc) is 3.80. The van der Waals surface area contributed by atoms with Crippen LogP contribution in [0.25, 0.3) is 33.7 Å². The van der Waals surface area contributed by atoms with Crippen molar-refractivity contribution in [3.63, 3.8) is 0 Å². The number of fused-ring (bicyclic) bond motifs is 2. The summed E-state index contributed by atoms with van der Waals surface area (Å²) in [6, 6.07) is 15.2. The predicted octanol–water partition coefficient (Wildman–Crippen LogP) is 5.14. The van der Waals surface area contributed by atoms with Crippen LogP contribution in [0, 0.1) is 5.82 Å². The lowest BCUT2D eigenvalue weighted by Gasteiger charge is -2.19. The summed E-state index contributed by atoms with van der Waals surface area (Å²) in [5.41, 5.74) is 4.17. The molecule has 0 unspecified atom stereocenters. The number of nitrogens with zero attached hydrogens (tertiary/aromatic N) is 4. The van der Waals surface area contributed by atoms with Gasteiger partial charge >= 0.3 is 0 Å². The molecule has 4 heterocycles. The van der Waals surface area contributed by atoms with Gasteiger partial charge in [0.1, 0.15) is 6.10 Å². The minimum Gasteiger partial charge on any atom is -0.481 e. The minimum absolute atomic E-state index is 0.0257. The molecule has 238 valence electrons. The number of oxazole rings is 1. The number of hydrogen-bond donors (Lipinski definition) is 2. The number of rotatable bonds is 9. The zero-order valence-corrected chi connectivity index (χ0v) is 25.8. The van der Waals surface area contributed by atoms with Gasteiger partial charge in [0, 0.05) is 49.6 Å². The molecule has 0 spiro atoms. The molecule has 0 radical (unpaired) electrons. The monoisotopic (exact) mass is 646 g/mol. The maximum absolute atomic E-state index is 14.8. The fourth-order valence-corrected chi connectivity index (χ4v) is 6.77. The zero-order chi connectivity index (χ0) is 31.9. The third kappa shape index (κ3) is 5.53. The van der Waals surface area contributed by atoms with Crippen LogP contribution in [0.4, 0.5) is 4.39 Å². The van der Waals surface area contributed by atoms with Crippen LogP contribution in [-0.2, 0) is 19.5 Å². The van der Waals surface area contributed by atoms with Gasteiger partial charge in [0.05, 0.1) is 30.4 Å². The molecule has 0 bridgehead atoms. The minimum atomic E-state index is -0.755. The Morgan fingerprint density at radius 3 is 2.67 bits per heavy atom. The molecule has 46 heavy (non-hydrogen) atoms. The maximum Gasteiger partial charge on any atom is 0.280 e. The second kappa shape index (κ2) is 12.5. The van der Waals surface area contributed by atoms with E-state index in [1.807, 2.05) is 42.5 Å². The molecule has 0 amide bonds. The quantitative estimate of drug-likeness (QED) is 0.224. The molecule has 2 atom stereocenters. The number of aliphatic hydroxyl groups excluding tert-OH is 2. The van der Waals surface area contributed by atoms with E-state index in [1.54, 1.807) is 13.2 Å². The van der Waals surface area contributed by atoms with Gasteiger partial charge in [0.2, 0.25) is 17.7 Å². The predicted molar refractivity (Wildman–Crippen MR) is 170 cm³/mol. The van der Waals surface area contributed by atoms with Crippen molar-refractivity contribution in [3.05, 3.63) is 92.6 Å². The van der Waals surface area contributed by atoms with E-state index >= 15 is 0 Å². The summed E-state index contributed by atoms with van der Waals surface area (Å²) in [6.45, 7) is 1.72. The molecule has 3 aromatic heterocycles. The number of aromatic nitrogens is 3. The summed E-state index contributed by atoms with van der Waals surface area (Å²) in [7, 11) is 1.59. The van der Waals surface area contributed by atoms with Crippen molar-refractivity contribution in [2.75, 3.05) is 26.8 Å². The van der Waals surface area contributed by atoms with Gasteiger partial charge in [-0.05, 0) is 48.1 Å². The molecule has 1 aliphatic carbocycles. The van der Waals surface area contributed by atoms with Crippen molar-refractivity contribution >= 4 is 22.7 Å². The number of likely N-dealkylation sites (tertiary alicyclic amines) is 1. The van der Waals surface area contributed by atoms with Gasteiger partial charge in [-0.1, -0.05) is 41.9 Å². The molecule has 7 rings (SSSR count). The smallest absolute Gasteiger partial charge is 0.280 e. The molecular weight excluding hydrogens is 615 g/mol. The lowest BCUT2D eigenvalue weighted by atomic mass is 9.95. The molecule has 2 aliphatic rings. The van der Waals surface area contributed by atoms with Crippen LogP contribution in [0.2, 0.25) is 5.02 Å². The Morgan fingerprint density at radius 2 is 1.89 bits per heavy atom. The SMILES string of the molecule is COc1nc(O[C@H]2CCc3c(-c4cccc(-c5nc6c(=O)n(CCO)cc(F)c6o5)c4Cl)cccc32)ccc1CN1CC[C@@H](O)C1. The molecule has 10 nitrogen and oxygen atoms in total. The zero-order valence-electron chi connectivity index (χ0n) is 25.1. The van der Waals surface area contributed by atoms with Crippen molar-refractivity contribution in [2.24, 2.45) is 0 Å². The summed E-state index contributed by atoms with van der Waals surface area (Å²) in [4.78, 5) is 23.9. The Morgan fingerprint density at radius 1 is 1.09 bits per heavy atom. The Hall–Kier alpha value is -4.29. The first kappa shape index (κ1) is 30.4. The van der Waals surface area contributed by atoms with Crippen molar-refractivity contribution in [3.8, 4) is 34.3 Å². The summed E-state index contributed by atoms with van der Waals surface area (Å²) in [6.07, 6.45) is 2.74. The van der Waals surface area contributed by atoms with Crippen molar-refractivity contribution in [1.29, 1.82) is 0 Å². The van der Waals surface area contributed by atoms with Crippen LogP contribution >= 0.6 is 11.6 Å². The van der Waals surface area contributed by atoms with Crippen LogP contribution in [-0.4, -0.2) is 62.6 Å². The average molecular weight is 647 g/mol. The van der Waals surface area contributed by atoms with Gasteiger partial charge < -0.3 is 28.7 Å². The van der Waals surface area contributed by atoms with Gasteiger partial charge in [-0.15, -0.1) is 0 Å². The largest absolute Gasteiger partial charge is 0.481 e. The van der Waals surface area contributed by atoms with Crippen LogP contribution in [0.1, 0.15) is 35.6 Å². The third-order valence-electron chi connectivity index (χ3n) is 8.66. The molecule has 2 aromatic carbocycles. The third-order valence-corrected chi connectivity index (χ3v) is 9.07. The second-order valence-corrected chi connectivity index (χ2v) is 12.0. The number of β-amino-alcohol motifs (C(OH)–C–C–N with tert-alkyl or cyclic N) is 1. The molecule has 1 saturated heterocycles. The molecule has 5 aromatic rings. The van der Waals surface area contributed by atoms with E-state index in [2.05, 4.69) is 14.9 Å².